The van der Waals surface area contributed by atoms with Crippen LogP contribution in [-0.4, -0.2) is 13.0 Å². The normalized spacial score (nSPS) is 13.7. The molecular weight excluding hydrogens is 280 g/mol. The SMILES string of the molecule is COc1ccc([C@@H](Cc2ccccc2C)[C@@H](C)CCl)cc1. The highest BCUT2D eigenvalue weighted by molar-refractivity contribution is 6.18. The summed E-state index contributed by atoms with van der Waals surface area (Å²) in [5.74, 6) is 2.42. The minimum Gasteiger partial charge on any atom is -0.497 e. The third-order valence-corrected chi connectivity index (χ3v) is 4.66. The monoisotopic (exact) mass is 302 g/mol. The molecule has 0 aliphatic heterocycles. The average molecular weight is 303 g/mol. The van der Waals surface area contributed by atoms with Crippen LogP contribution >= 0.6 is 11.6 Å². The average Bonchev–Trinajstić information content (AvgIpc) is 2.53. The number of rotatable bonds is 6. The zero-order chi connectivity index (χ0) is 15.2. The Balaban J connectivity index is 2.27. The van der Waals surface area contributed by atoms with Gasteiger partial charge in [-0.25, -0.2) is 0 Å². The van der Waals surface area contributed by atoms with E-state index >= 15 is 0 Å². The van der Waals surface area contributed by atoms with E-state index in [0.29, 0.717) is 17.7 Å². The summed E-state index contributed by atoms with van der Waals surface area (Å²) in [5.41, 5.74) is 4.07. The van der Waals surface area contributed by atoms with Gasteiger partial charge in [-0.1, -0.05) is 43.3 Å². The summed E-state index contributed by atoms with van der Waals surface area (Å²) in [6, 6.07) is 17.0. The van der Waals surface area contributed by atoms with E-state index in [2.05, 4.69) is 50.2 Å². The predicted molar refractivity (Wildman–Crippen MR) is 90.5 cm³/mol. The first-order chi connectivity index (χ1) is 10.2. The fourth-order valence-electron chi connectivity index (χ4n) is 2.68. The number of hydrogen-bond donors (Lipinski definition) is 0. The van der Waals surface area contributed by atoms with Gasteiger partial charge in [0.25, 0.3) is 0 Å². The molecular formula is C19H23ClO. The summed E-state index contributed by atoms with van der Waals surface area (Å²) in [6.07, 6.45) is 1.02. The molecule has 0 amide bonds. The standard InChI is InChI=1S/C19H23ClO/c1-14-6-4-5-7-17(14)12-19(15(2)13-20)16-8-10-18(21-3)11-9-16/h4-11,15,19H,12-13H2,1-3H3/t15-,19-/m0/s1. The van der Waals surface area contributed by atoms with E-state index in [9.17, 15) is 0 Å². The van der Waals surface area contributed by atoms with E-state index in [-0.39, 0.29) is 0 Å². The van der Waals surface area contributed by atoms with E-state index in [4.69, 9.17) is 16.3 Å². The topological polar surface area (TPSA) is 9.23 Å². The molecule has 0 heterocycles. The van der Waals surface area contributed by atoms with Crippen LogP contribution in [0.25, 0.3) is 0 Å². The van der Waals surface area contributed by atoms with Gasteiger partial charge in [-0.05, 0) is 54.0 Å². The van der Waals surface area contributed by atoms with Crippen molar-refractivity contribution in [3.63, 3.8) is 0 Å². The molecule has 0 saturated carbocycles. The van der Waals surface area contributed by atoms with Crippen molar-refractivity contribution in [3.05, 3.63) is 65.2 Å². The zero-order valence-electron chi connectivity index (χ0n) is 13.0. The van der Waals surface area contributed by atoms with Gasteiger partial charge in [0.15, 0.2) is 0 Å². The number of alkyl halides is 1. The van der Waals surface area contributed by atoms with Gasteiger partial charge in [0.1, 0.15) is 5.75 Å². The Kier molecular flexibility index (Phi) is 5.69. The van der Waals surface area contributed by atoms with Gasteiger partial charge >= 0.3 is 0 Å². The second kappa shape index (κ2) is 7.51. The molecule has 0 fully saturated rings. The molecule has 1 nitrogen and oxygen atoms in total. The first kappa shape index (κ1) is 15.9. The molecule has 0 aliphatic rings. The maximum atomic E-state index is 6.14. The molecule has 2 rings (SSSR count). The number of ether oxygens (including phenoxy) is 1. The predicted octanol–water partition coefficient (Wildman–Crippen LogP) is 5.20. The molecule has 2 aromatic carbocycles. The Morgan fingerprint density at radius 3 is 2.29 bits per heavy atom. The Morgan fingerprint density at radius 2 is 1.71 bits per heavy atom. The van der Waals surface area contributed by atoms with Crippen molar-refractivity contribution in [1.29, 1.82) is 0 Å². The smallest absolute Gasteiger partial charge is 0.118 e. The quantitative estimate of drug-likeness (QED) is 0.666. The van der Waals surface area contributed by atoms with Gasteiger partial charge < -0.3 is 4.74 Å². The second-order valence-corrected chi connectivity index (χ2v) is 5.95. The van der Waals surface area contributed by atoms with Crippen LogP contribution in [0.2, 0.25) is 0 Å². The zero-order valence-corrected chi connectivity index (χ0v) is 13.7. The highest BCUT2D eigenvalue weighted by Gasteiger charge is 2.20. The molecule has 0 N–H and O–H groups in total. The molecule has 112 valence electrons. The highest BCUT2D eigenvalue weighted by Crippen LogP contribution is 2.31. The molecule has 0 unspecified atom stereocenters. The summed E-state index contributed by atoms with van der Waals surface area (Å²) in [7, 11) is 1.70. The van der Waals surface area contributed by atoms with Crippen molar-refractivity contribution >= 4 is 11.6 Å². The van der Waals surface area contributed by atoms with Crippen molar-refractivity contribution < 1.29 is 4.74 Å². The lowest BCUT2D eigenvalue weighted by molar-refractivity contribution is 0.414. The largest absolute Gasteiger partial charge is 0.497 e. The van der Waals surface area contributed by atoms with E-state index < -0.39 is 0 Å². The van der Waals surface area contributed by atoms with Crippen LogP contribution in [-0.2, 0) is 6.42 Å². The maximum Gasteiger partial charge on any atom is 0.118 e. The summed E-state index contributed by atoms with van der Waals surface area (Å²) in [5, 5.41) is 0. The van der Waals surface area contributed by atoms with Crippen LogP contribution in [0.4, 0.5) is 0 Å². The second-order valence-electron chi connectivity index (χ2n) is 5.64. The van der Waals surface area contributed by atoms with Crippen LogP contribution in [0.3, 0.4) is 0 Å². The lowest BCUT2D eigenvalue weighted by atomic mass is 9.82. The van der Waals surface area contributed by atoms with E-state index in [1.54, 1.807) is 7.11 Å². The fraction of sp³-hybridized carbons (Fsp3) is 0.368. The lowest BCUT2D eigenvalue weighted by Crippen LogP contribution is -2.15. The number of halogens is 1. The molecule has 0 radical (unpaired) electrons. The van der Waals surface area contributed by atoms with Crippen molar-refractivity contribution in [2.45, 2.75) is 26.2 Å². The molecule has 2 heteroatoms. The number of benzene rings is 2. The molecule has 0 aliphatic carbocycles. The summed E-state index contributed by atoms with van der Waals surface area (Å²) in [4.78, 5) is 0. The van der Waals surface area contributed by atoms with Gasteiger partial charge in [-0.15, -0.1) is 11.6 Å². The van der Waals surface area contributed by atoms with Crippen molar-refractivity contribution in [2.24, 2.45) is 5.92 Å². The first-order valence-corrected chi connectivity index (χ1v) is 7.93. The Labute approximate surface area is 132 Å². The van der Waals surface area contributed by atoms with Gasteiger partial charge in [0.05, 0.1) is 7.11 Å². The van der Waals surface area contributed by atoms with Crippen molar-refractivity contribution in [3.8, 4) is 5.75 Å². The molecule has 0 aromatic heterocycles. The Hall–Kier alpha value is -1.47. The number of methoxy groups -OCH3 is 1. The van der Waals surface area contributed by atoms with Crippen molar-refractivity contribution in [2.75, 3.05) is 13.0 Å². The van der Waals surface area contributed by atoms with E-state index in [0.717, 1.165) is 12.2 Å². The Morgan fingerprint density at radius 1 is 1.05 bits per heavy atom. The van der Waals surface area contributed by atoms with Crippen LogP contribution in [0.1, 0.15) is 29.5 Å². The molecule has 2 aromatic rings. The molecule has 21 heavy (non-hydrogen) atoms. The minimum absolute atomic E-state index is 0.425. The van der Waals surface area contributed by atoms with Crippen molar-refractivity contribution in [1.82, 2.24) is 0 Å². The lowest BCUT2D eigenvalue weighted by Gasteiger charge is -2.24. The third kappa shape index (κ3) is 4.01. The van der Waals surface area contributed by atoms with Gasteiger partial charge in [-0.2, -0.15) is 0 Å². The van der Waals surface area contributed by atoms with Crippen LogP contribution in [0, 0.1) is 12.8 Å². The van der Waals surface area contributed by atoms with E-state index in [1.807, 2.05) is 12.1 Å². The number of hydrogen-bond acceptors (Lipinski definition) is 1. The first-order valence-electron chi connectivity index (χ1n) is 7.40. The molecule has 0 spiro atoms. The molecule has 2 atom stereocenters. The van der Waals surface area contributed by atoms with Crippen LogP contribution in [0.15, 0.2) is 48.5 Å². The van der Waals surface area contributed by atoms with E-state index in [1.165, 1.54) is 16.7 Å². The third-order valence-electron chi connectivity index (χ3n) is 4.18. The van der Waals surface area contributed by atoms with Crippen LogP contribution in [0.5, 0.6) is 5.75 Å². The van der Waals surface area contributed by atoms with Gasteiger partial charge in [0, 0.05) is 5.88 Å². The minimum atomic E-state index is 0.425. The maximum absolute atomic E-state index is 6.14. The highest BCUT2D eigenvalue weighted by atomic mass is 35.5. The van der Waals surface area contributed by atoms with Crippen LogP contribution < -0.4 is 4.74 Å². The summed E-state index contributed by atoms with van der Waals surface area (Å²) in [6.45, 7) is 4.39. The summed E-state index contributed by atoms with van der Waals surface area (Å²) >= 11 is 6.14. The van der Waals surface area contributed by atoms with Gasteiger partial charge in [0.2, 0.25) is 0 Å². The fourth-order valence-corrected chi connectivity index (χ4v) is 2.90. The Bertz CT molecular complexity index is 562. The number of aryl methyl sites for hydroxylation is 1. The summed E-state index contributed by atoms with van der Waals surface area (Å²) < 4.78 is 5.25. The molecule has 0 bridgehead atoms. The van der Waals surface area contributed by atoms with Gasteiger partial charge in [-0.3, -0.25) is 0 Å². The molecule has 0 saturated heterocycles.